The SMILES string of the molecule is Cc1cccc(CN2CCN(CC(=O)NN3C(=O)N[C@](C)(CCc4ccccc4)C3=O)CC2)c1. The molecular formula is C26H33N5O3. The third-order valence-electron chi connectivity index (χ3n) is 6.57. The van der Waals surface area contributed by atoms with E-state index in [1.54, 1.807) is 6.92 Å². The zero-order chi connectivity index (χ0) is 24.1. The molecule has 0 bridgehead atoms. The molecule has 1 atom stereocenters. The summed E-state index contributed by atoms with van der Waals surface area (Å²) in [6.45, 7) is 8.08. The maximum atomic E-state index is 12.9. The zero-order valence-electron chi connectivity index (χ0n) is 19.9. The summed E-state index contributed by atoms with van der Waals surface area (Å²) in [6, 6.07) is 17.7. The molecule has 0 aliphatic carbocycles. The molecule has 2 aromatic rings. The highest BCUT2D eigenvalue weighted by atomic mass is 16.2. The molecule has 0 radical (unpaired) electrons. The molecule has 8 heteroatoms. The predicted molar refractivity (Wildman–Crippen MR) is 130 cm³/mol. The van der Waals surface area contributed by atoms with Crippen molar-refractivity contribution in [3.63, 3.8) is 0 Å². The third-order valence-corrected chi connectivity index (χ3v) is 6.57. The van der Waals surface area contributed by atoms with Crippen molar-refractivity contribution in [2.24, 2.45) is 0 Å². The van der Waals surface area contributed by atoms with Gasteiger partial charge in [-0.15, -0.1) is 0 Å². The zero-order valence-corrected chi connectivity index (χ0v) is 19.9. The van der Waals surface area contributed by atoms with Crippen LogP contribution in [-0.2, 0) is 22.6 Å². The van der Waals surface area contributed by atoms with Crippen LogP contribution in [0.1, 0.15) is 30.0 Å². The minimum Gasteiger partial charge on any atom is -0.322 e. The van der Waals surface area contributed by atoms with E-state index in [9.17, 15) is 14.4 Å². The molecule has 0 unspecified atom stereocenters. The molecule has 180 valence electrons. The van der Waals surface area contributed by atoms with Gasteiger partial charge in [-0.05, 0) is 37.8 Å². The Morgan fingerprint density at radius 1 is 0.971 bits per heavy atom. The number of carbonyl (C=O) groups is 3. The van der Waals surface area contributed by atoms with Crippen LogP contribution in [0.4, 0.5) is 4.79 Å². The normalized spacial score (nSPS) is 21.5. The van der Waals surface area contributed by atoms with Crippen molar-refractivity contribution < 1.29 is 14.4 Å². The second-order valence-electron chi connectivity index (χ2n) is 9.46. The molecule has 34 heavy (non-hydrogen) atoms. The number of imide groups is 1. The maximum absolute atomic E-state index is 12.9. The van der Waals surface area contributed by atoms with Crippen molar-refractivity contribution in [3.8, 4) is 0 Å². The molecule has 8 nitrogen and oxygen atoms in total. The molecular weight excluding hydrogens is 430 g/mol. The molecule has 2 saturated heterocycles. The van der Waals surface area contributed by atoms with Gasteiger partial charge in [0.2, 0.25) is 0 Å². The second kappa shape index (κ2) is 10.4. The number of hydrogen-bond acceptors (Lipinski definition) is 5. The van der Waals surface area contributed by atoms with Crippen LogP contribution in [0.25, 0.3) is 0 Å². The lowest BCUT2D eigenvalue weighted by atomic mass is 9.93. The van der Waals surface area contributed by atoms with Crippen molar-refractivity contribution in [2.45, 2.75) is 38.8 Å². The Balaban J connectivity index is 1.23. The first kappa shape index (κ1) is 23.9. The molecule has 2 fully saturated rings. The number of nitrogens with zero attached hydrogens (tertiary/aromatic N) is 3. The number of hydrogen-bond donors (Lipinski definition) is 2. The van der Waals surface area contributed by atoms with Gasteiger partial charge >= 0.3 is 6.03 Å². The van der Waals surface area contributed by atoms with Gasteiger partial charge in [-0.3, -0.25) is 24.8 Å². The first-order valence-corrected chi connectivity index (χ1v) is 11.8. The molecule has 2 aliphatic rings. The van der Waals surface area contributed by atoms with Crippen molar-refractivity contribution in [1.82, 2.24) is 25.6 Å². The van der Waals surface area contributed by atoms with Gasteiger partial charge in [0.05, 0.1) is 6.54 Å². The van der Waals surface area contributed by atoms with Gasteiger partial charge in [-0.25, -0.2) is 4.79 Å². The lowest BCUT2D eigenvalue weighted by molar-refractivity contribution is -0.139. The number of urea groups is 1. The molecule has 2 aromatic carbocycles. The van der Waals surface area contributed by atoms with E-state index in [1.165, 1.54) is 11.1 Å². The number of piperazine rings is 1. The second-order valence-corrected chi connectivity index (χ2v) is 9.46. The number of hydrazine groups is 1. The largest absolute Gasteiger partial charge is 0.344 e. The molecule has 2 heterocycles. The highest BCUT2D eigenvalue weighted by Crippen LogP contribution is 2.22. The van der Waals surface area contributed by atoms with E-state index in [4.69, 9.17) is 0 Å². The van der Waals surface area contributed by atoms with Crippen LogP contribution >= 0.6 is 0 Å². The van der Waals surface area contributed by atoms with Gasteiger partial charge in [0.15, 0.2) is 0 Å². The number of rotatable bonds is 8. The average molecular weight is 464 g/mol. The maximum Gasteiger partial charge on any atom is 0.344 e. The minimum atomic E-state index is -1.04. The summed E-state index contributed by atoms with van der Waals surface area (Å²) < 4.78 is 0. The molecule has 2 N–H and O–H groups in total. The smallest absolute Gasteiger partial charge is 0.322 e. The number of amides is 4. The van der Waals surface area contributed by atoms with E-state index in [0.29, 0.717) is 12.8 Å². The Hall–Kier alpha value is -3.23. The summed E-state index contributed by atoms with van der Waals surface area (Å²) in [4.78, 5) is 42.4. The number of carbonyl (C=O) groups excluding carboxylic acids is 3. The fourth-order valence-corrected chi connectivity index (χ4v) is 4.53. The van der Waals surface area contributed by atoms with Crippen LogP contribution in [0.15, 0.2) is 54.6 Å². The van der Waals surface area contributed by atoms with E-state index in [1.807, 2.05) is 30.3 Å². The molecule has 4 amide bonds. The lowest BCUT2D eigenvalue weighted by Gasteiger charge is -2.34. The lowest BCUT2D eigenvalue weighted by Crippen LogP contribution is -2.53. The standard InChI is InChI=1S/C26H33N5O3/c1-20-7-6-10-22(17-20)18-29-13-15-30(16-14-29)19-23(32)28-31-24(33)26(2,27-25(31)34)12-11-21-8-4-3-5-9-21/h3-10,17H,11-16,18-19H2,1-2H3,(H,27,34)(H,28,32)/t26-/m1/s1. The Morgan fingerprint density at radius 2 is 1.65 bits per heavy atom. The Kier molecular flexibility index (Phi) is 7.29. The molecule has 2 aliphatic heterocycles. The van der Waals surface area contributed by atoms with Gasteiger partial charge in [-0.2, -0.15) is 5.01 Å². The van der Waals surface area contributed by atoms with Crippen LogP contribution in [0.5, 0.6) is 0 Å². The predicted octanol–water partition coefficient (Wildman–Crippen LogP) is 2.09. The number of aryl methyl sites for hydroxylation is 2. The Morgan fingerprint density at radius 3 is 2.35 bits per heavy atom. The number of benzene rings is 2. The van der Waals surface area contributed by atoms with Crippen LogP contribution in [-0.4, -0.2) is 70.9 Å². The van der Waals surface area contributed by atoms with Gasteiger partial charge in [-0.1, -0.05) is 60.2 Å². The summed E-state index contributed by atoms with van der Waals surface area (Å²) in [7, 11) is 0. The fourth-order valence-electron chi connectivity index (χ4n) is 4.53. The van der Waals surface area contributed by atoms with Gasteiger partial charge in [0, 0.05) is 32.7 Å². The molecule has 0 spiro atoms. The Labute approximate surface area is 200 Å². The fraction of sp³-hybridized carbons (Fsp3) is 0.423. The highest BCUT2D eigenvalue weighted by Gasteiger charge is 2.48. The van der Waals surface area contributed by atoms with Crippen LogP contribution in [0.3, 0.4) is 0 Å². The summed E-state index contributed by atoms with van der Waals surface area (Å²) in [5, 5.41) is 3.58. The topological polar surface area (TPSA) is 85.0 Å². The van der Waals surface area contributed by atoms with Crippen molar-refractivity contribution in [2.75, 3.05) is 32.7 Å². The van der Waals surface area contributed by atoms with Crippen molar-refractivity contribution in [3.05, 3.63) is 71.3 Å². The van der Waals surface area contributed by atoms with E-state index < -0.39 is 17.5 Å². The molecule has 4 rings (SSSR count). The monoisotopic (exact) mass is 463 g/mol. The molecule has 0 aromatic heterocycles. The highest BCUT2D eigenvalue weighted by molar-refractivity contribution is 6.07. The van der Waals surface area contributed by atoms with Crippen molar-refractivity contribution in [1.29, 1.82) is 0 Å². The van der Waals surface area contributed by atoms with E-state index in [0.717, 1.165) is 43.3 Å². The van der Waals surface area contributed by atoms with Gasteiger partial charge in [0.1, 0.15) is 5.54 Å². The number of nitrogens with one attached hydrogen (secondary N) is 2. The summed E-state index contributed by atoms with van der Waals surface area (Å²) in [6.07, 6.45) is 1.11. The third kappa shape index (κ3) is 5.81. The summed E-state index contributed by atoms with van der Waals surface area (Å²) in [5.74, 6) is -0.785. The molecule has 0 saturated carbocycles. The average Bonchev–Trinajstić information content (AvgIpc) is 3.03. The van der Waals surface area contributed by atoms with Gasteiger partial charge in [0.25, 0.3) is 11.8 Å². The van der Waals surface area contributed by atoms with Crippen molar-refractivity contribution >= 4 is 17.8 Å². The van der Waals surface area contributed by atoms with Crippen LogP contribution in [0, 0.1) is 6.92 Å². The summed E-state index contributed by atoms with van der Waals surface area (Å²) >= 11 is 0. The van der Waals surface area contributed by atoms with Crippen LogP contribution in [0.2, 0.25) is 0 Å². The Bertz CT molecular complexity index is 1040. The van der Waals surface area contributed by atoms with E-state index >= 15 is 0 Å². The minimum absolute atomic E-state index is 0.149. The van der Waals surface area contributed by atoms with E-state index in [-0.39, 0.29) is 12.5 Å². The quantitative estimate of drug-likeness (QED) is 0.586. The first-order valence-electron chi connectivity index (χ1n) is 11.8. The first-order chi connectivity index (χ1) is 16.3. The van der Waals surface area contributed by atoms with E-state index in [2.05, 4.69) is 51.7 Å². The summed E-state index contributed by atoms with van der Waals surface area (Å²) in [5.41, 5.74) is 5.11. The van der Waals surface area contributed by atoms with Crippen LogP contribution < -0.4 is 10.7 Å². The van der Waals surface area contributed by atoms with Gasteiger partial charge < -0.3 is 5.32 Å².